The largest absolute Gasteiger partial charge is 0.383 e. The lowest BCUT2D eigenvalue weighted by Gasteiger charge is -2.10. The molecule has 0 bridgehead atoms. The molecule has 1 aromatic carbocycles. The van der Waals surface area contributed by atoms with Crippen molar-refractivity contribution in [1.82, 2.24) is 0 Å². The number of aliphatic hydroxyl groups is 1. The van der Waals surface area contributed by atoms with E-state index in [1.54, 1.807) is 11.3 Å². The second kappa shape index (κ2) is 5.34. The summed E-state index contributed by atoms with van der Waals surface area (Å²) in [5, 5.41) is 10.3. The fourth-order valence-electron chi connectivity index (χ4n) is 1.76. The van der Waals surface area contributed by atoms with Gasteiger partial charge in [0.15, 0.2) is 0 Å². The van der Waals surface area contributed by atoms with Crippen molar-refractivity contribution in [3.8, 4) is 0 Å². The molecule has 1 heterocycles. The molecule has 2 rings (SSSR count). The summed E-state index contributed by atoms with van der Waals surface area (Å²) in [4.78, 5) is 2.19. The molecule has 90 valence electrons. The summed E-state index contributed by atoms with van der Waals surface area (Å²) in [5.41, 5.74) is 2.23. The minimum atomic E-state index is -0.517. The zero-order valence-corrected chi connectivity index (χ0v) is 12.3. The fourth-order valence-corrected chi connectivity index (χ4v) is 3.34. The van der Waals surface area contributed by atoms with E-state index in [2.05, 4.69) is 35.0 Å². The number of halogens is 1. The molecule has 1 aromatic heterocycles. The molecule has 0 radical (unpaired) electrons. The van der Waals surface area contributed by atoms with Gasteiger partial charge in [-0.1, -0.05) is 31.2 Å². The monoisotopic (exact) mass is 310 g/mol. The van der Waals surface area contributed by atoms with Gasteiger partial charge in [0.05, 0.1) is 0 Å². The van der Waals surface area contributed by atoms with E-state index in [4.69, 9.17) is 0 Å². The minimum absolute atomic E-state index is 0.517. The standard InChI is InChI=1S/C14H15BrOS/c1-3-10-5-4-6-11(7-10)14(16)13-8-12(15)9(2)17-13/h4-8,14,16H,3H2,1-2H3. The Bertz CT molecular complexity index is 499. The van der Waals surface area contributed by atoms with Crippen molar-refractivity contribution in [2.24, 2.45) is 0 Å². The maximum Gasteiger partial charge on any atom is 0.113 e. The van der Waals surface area contributed by atoms with Gasteiger partial charge in [0.1, 0.15) is 6.10 Å². The lowest BCUT2D eigenvalue weighted by atomic mass is 10.0. The van der Waals surface area contributed by atoms with Crippen LogP contribution < -0.4 is 0 Å². The highest BCUT2D eigenvalue weighted by atomic mass is 79.9. The number of hydrogen-bond acceptors (Lipinski definition) is 2. The third kappa shape index (κ3) is 2.79. The quantitative estimate of drug-likeness (QED) is 0.887. The SMILES string of the molecule is CCc1cccc(C(O)c2cc(Br)c(C)s2)c1. The summed E-state index contributed by atoms with van der Waals surface area (Å²) < 4.78 is 1.07. The predicted octanol–water partition coefficient (Wildman–Crippen LogP) is 4.46. The van der Waals surface area contributed by atoms with Gasteiger partial charge in [-0.15, -0.1) is 11.3 Å². The highest BCUT2D eigenvalue weighted by Crippen LogP contribution is 2.33. The average molecular weight is 311 g/mol. The van der Waals surface area contributed by atoms with Gasteiger partial charge in [-0.2, -0.15) is 0 Å². The number of aryl methyl sites for hydroxylation is 2. The highest BCUT2D eigenvalue weighted by molar-refractivity contribution is 9.10. The lowest BCUT2D eigenvalue weighted by Crippen LogP contribution is -1.97. The molecule has 0 saturated carbocycles. The van der Waals surface area contributed by atoms with Gasteiger partial charge in [-0.25, -0.2) is 0 Å². The van der Waals surface area contributed by atoms with Crippen LogP contribution in [0.4, 0.5) is 0 Å². The Morgan fingerprint density at radius 1 is 1.35 bits per heavy atom. The van der Waals surface area contributed by atoms with Crippen LogP contribution >= 0.6 is 27.3 Å². The molecule has 1 atom stereocenters. The van der Waals surface area contributed by atoms with E-state index in [0.29, 0.717) is 0 Å². The molecule has 1 nitrogen and oxygen atoms in total. The lowest BCUT2D eigenvalue weighted by molar-refractivity contribution is 0.224. The Morgan fingerprint density at radius 2 is 2.12 bits per heavy atom. The molecule has 1 N–H and O–H groups in total. The van der Waals surface area contributed by atoms with Crippen LogP contribution in [-0.2, 0) is 6.42 Å². The van der Waals surface area contributed by atoms with Crippen LogP contribution in [0.5, 0.6) is 0 Å². The average Bonchev–Trinajstić information content (AvgIpc) is 2.69. The third-order valence-corrected chi connectivity index (χ3v) is 5.01. The molecule has 0 amide bonds. The van der Waals surface area contributed by atoms with E-state index < -0.39 is 6.10 Å². The number of thiophene rings is 1. The van der Waals surface area contributed by atoms with Crippen molar-refractivity contribution < 1.29 is 5.11 Å². The van der Waals surface area contributed by atoms with Crippen molar-refractivity contribution in [3.05, 3.63) is 55.7 Å². The molecular formula is C14H15BrOS. The van der Waals surface area contributed by atoms with Crippen LogP contribution in [0.2, 0.25) is 0 Å². The van der Waals surface area contributed by atoms with Gasteiger partial charge in [-0.05, 0) is 46.5 Å². The molecule has 0 fully saturated rings. The van der Waals surface area contributed by atoms with Gasteiger partial charge in [0, 0.05) is 14.2 Å². The number of rotatable bonds is 3. The van der Waals surface area contributed by atoms with E-state index in [1.165, 1.54) is 10.4 Å². The van der Waals surface area contributed by atoms with Gasteiger partial charge in [0.2, 0.25) is 0 Å². The maximum atomic E-state index is 10.3. The molecule has 17 heavy (non-hydrogen) atoms. The number of hydrogen-bond donors (Lipinski definition) is 1. The van der Waals surface area contributed by atoms with E-state index in [1.807, 2.05) is 25.1 Å². The van der Waals surface area contributed by atoms with Crippen molar-refractivity contribution in [1.29, 1.82) is 0 Å². The Balaban J connectivity index is 2.32. The first-order chi connectivity index (χ1) is 8.11. The summed E-state index contributed by atoms with van der Waals surface area (Å²) in [5.74, 6) is 0. The van der Waals surface area contributed by atoms with Crippen molar-refractivity contribution in [2.45, 2.75) is 26.4 Å². The summed E-state index contributed by atoms with van der Waals surface area (Å²) >= 11 is 5.12. The van der Waals surface area contributed by atoms with Crippen LogP contribution in [0, 0.1) is 6.92 Å². The summed E-state index contributed by atoms with van der Waals surface area (Å²) in [6, 6.07) is 10.2. The summed E-state index contributed by atoms with van der Waals surface area (Å²) in [6.45, 7) is 4.17. The highest BCUT2D eigenvalue weighted by Gasteiger charge is 2.14. The zero-order valence-electron chi connectivity index (χ0n) is 9.90. The first-order valence-corrected chi connectivity index (χ1v) is 7.25. The first kappa shape index (κ1) is 12.8. The van der Waals surface area contributed by atoms with Gasteiger partial charge >= 0.3 is 0 Å². The van der Waals surface area contributed by atoms with E-state index in [9.17, 15) is 5.11 Å². The van der Waals surface area contributed by atoms with Gasteiger partial charge < -0.3 is 5.11 Å². The Labute approximate surface area is 114 Å². The molecule has 0 spiro atoms. The van der Waals surface area contributed by atoms with Crippen molar-refractivity contribution >= 4 is 27.3 Å². The first-order valence-electron chi connectivity index (χ1n) is 5.64. The van der Waals surface area contributed by atoms with Gasteiger partial charge in [-0.3, -0.25) is 0 Å². The van der Waals surface area contributed by atoms with Crippen LogP contribution in [0.25, 0.3) is 0 Å². The molecule has 0 aliphatic carbocycles. The molecule has 0 saturated heterocycles. The molecule has 1 unspecified atom stereocenters. The van der Waals surface area contributed by atoms with E-state index in [-0.39, 0.29) is 0 Å². The summed E-state index contributed by atoms with van der Waals surface area (Å²) in [7, 11) is 0. The molecular weight excluding hydrogens is 296 g/mol. The Hall–Kier alpha value is -0.640. The van der Waals surface area contributed by atoms with E-state index >= 15 is 0 Å². The van der Waals surface area contributed by atoms with Gasteiger partial charge in [0.25, 0.3) is 0 Å². The van der Waals surface area contributed by atoms with Crippen LogP contribution in [0.15, 0.2) is 34.8 Å². The summed E-state index contributed by atoms with van der Waals surface area (Å²) in [6.07, 6.45) is 0.477. The molecule has 3 heteroatoms. The number of aliphatic hydroxyl groups excluding tert-OH is 1. The second-order valence-corrected chi connectivity index (χ2v) is 6.20. The fraction of sp³-hybridized carbons (Fsp3) is 0.286. The van der Waals surface area contributed by atoms with Crippen molar-refractivity contribution in [2.75, 3.05) is 0 Å². The van der Waals surface area contributed by atoms with E-state index in [0.717, 1.165) is 21.3 Å². The van der Waals surface area contributed by atoms with Crippen molar-refractivity contribution in [3.63, 3.8) is 0 Å². The normalized spacial score (nSPS) is 12.7. The Kier molecular flexibility index (Phi) is 4.02. The maximum absolute atomic E-state index is 10.3. The molecule has 0 aliphatic heterocycles. The predicted molar refractivity (Wildman–Crippen MR) is 76.6 cm³/mol. The molecule has 0 aliphatic rings. The smallest absolute Gasteiger partial charge is 0.113 e. The zero-order chi connectivity index (χ0) is 12.4. The number of benzene rings is 1. The van der Waals surface area contributed by atoms with Crippen LogP contribution in [-0.4, -0.2) is 5.11 Å². The second-order valence-electron chi connectivity index (χ2n) is 4.05. The topological polar surface area (TPSA) is 20.2 Å². The minimum Gasteiger partial charge on any atom is -0.383 e. The molecule has 2 aromatic rings. The third-order valence-electron chi connectivity index (χ3n) is 2.82. The van der Waals surface area contributed by atoms with Crippen LogP contribution in [0.1, 0.15) is 33.9 Å². The Morgan fingerprint density at radius 3 is 2.71 bits per heavy atom. The van der Waals surface area contributed by atoms with Crippen LogP contribution in [0.3, 0.4) is 0 Å².